The van der Waals surface area contributed by atoms with Crippen LogP contribution in [0.15, 0.2) is 29.3 Å². The Kier molecular flexibility index (Phi) is 12.9. The molecule has 0 atom stereocenters. The van der Waals surface area contributed by atoms with Crippen molar-refractivity contribution in [2.45, 2.75) is 57.4 Å². The number of hydrogen-bond donors (Lipinski definition) is 2. The number of carboxylic acid groups (broad SMARTS) is 2. The van der Waals surface area contributed by atoms with E-state index in [0.717, 1.165) is 44.8 Å². The summed E-state index contributed by atoms with van der Waals surface area (Å²) in [6, 6.07) is 7.91. The van der Waals surface area contributed by atoms with Crippen LogP contribution < -0.4 is 0 Å². The number of pyridine rings is 1. The van der Waals surface area contributed by atoms with Crippen LogP contribution in [0.25, 0.3) is 0 Å². The van der Waals surface area contributed by atoms with Gasteiger partial charge >= 0.3 is 11.9 Å². The third kappa shape index (κ3) is 11.0. The first kappa shape index (κ1) is 28.8. The summed E-state index contributed by atoms with van der Waals surface area (Å²) in [4.78, 5) is 40.2. The Hall–Kier alpha value is -2.23. The standard InChI is InChI=1S/C22H32N2OS2.C2H2O4/c1-16(2)19-12-11-18(21(25)20-13-10-17(3)27-20)22(23-19)26-15-9-7-6-8-14-24(4)5;3-1(4)2(5)6/h10-13,16H,6-9,14-15H2,1-5H3;(H,3,4)(H,5,6). The van der Waals surface area contributed by atoms with Crippen LogP contribution in [0.5, 0.6) is 0 Å². The molecule has 33 heavy (non-hydrogen) atoms. The predicted molar refractivity (Wildman–Crippen MR) is 134 cm³/mol. The molecule has 2 aromatic heterocycles. The fourth-order valence-electron chi connectivity index (χ4n) is 2.80. The van der Waals surface area contributed by atoms with E-state index < -0.39 is 11.9 Å². The first-order valence-corrected chi connectivity index (χ1v) is 12.7. The van der Waals surface area contributed by atoms with Gasteiger partial charge in [-0.25, -0.2) is 14.6 Å². The third-order valence-corrected chi connectivity index (χ3v) is 6.68. The van der Waals surface area contributed by atoms with Gasteiger partial charge in [-0.15, -0.1) is 23.1 Å². The number of aliphatic carboxylic acids is 2. The molecule has 0 aromatic carbocycles. The van der Waals surface area contributed by atoms with E-state index in [0.29, 0.717) is 5.92 Å². The van der Waals surface area contributed by atoms with Crippen molar-refractivity contribution in [1.82, 2.24) is 9.88 Å². The van der Waals surface area contributed by atoms with Gasteiger partial charge in [-0.1, -0.05) is 26.7 Å². The number of rotatable bonds is 11. The van der Waals surface area contributed by atoms with Gasteiger partial charge in [0.05, 0.1) is 10.4 Å². The number of thioether (sulfide) groups is 1. The summed E-state index contributed by atoms with van der Waals surface area (Å²) in [5.74, 6) is -2.17. The van der Waals surface area contributed by atoms with Crippen molar-refractivity contribution in [3.63, 3.8) is 0 Å². The average Bonchev–Trinajstić information content (AvgIpc) is 3.18. The monoisotopic (exact) mass is 494 g/mol. The SMILES string of the molecule is Cc1ccc(C(=O)c2ccc(C(C)C)nc2SCCCCCCN(C)C)s1.O=C(O)C(=O)O. The molecule has 0 bridgehead atoms. The highest BCUT2D eigenvalue weighted by molar-refractivity contribution is 7.99. The molecule has 0 unspecified atom stereocenters. The number of unbranched alkanes of at least 4 members (excludes halogenated alkanes) is 3. The Morgan fingerprint density at radius 1 is 1.00 bits per heavy atom. The van der Waals surface area contributed by atoms with Crippen LogP contribution in [0.4, 0.5) is 0 Å². The Bertz CT molecular complexity index is 913. The second-order valence-electron chi connectivity index (χ2n) is 8.16. The molecule has 0 spiro atoms. The molecule has 2 heterocycles. The summed E-state index contributed by atoms with van der Waals surface area (Å²) in [7, 11) is 4.24. The number of carbonyl (C=O) groups excluding carboxylic acids is 1. The van der Waals surface area contributed by atoms with E-state index in [1.807, 2.05) is 31.2 Å². The third-order valence-electron chi connectivity index (χ3n) is 4.60. The molecule has 0 amide bonds. The van der Waals surface area contributed by atoms with Crippen LogP contribution in [0.3, 0.4) is 0 Å². The Morgan fingerprint density at radius 3 is 2.15 bits per heavy atom. The van der Waals surface area contributed by atoms with Gasteiger partial charge < -0.3 is 15.1 Å². The molecule has 0 fully saturated rings. The van der Waals surface area contributed by atoms with E-state index in [9.17, 15) is 4.79 Å². The second-order valence-corrected chi connectivity index (χ2v) is 10.5. The normalized spacial score (nSPS) is 10.8. The summed E-state index contributed by atoms with van der Waals surface area (Å²) >= 11 is 3.29. The van der Waals surface area contributed by atoms with Crippen molar-refractivity contribution in [1.29, 1.82) is 0 Å². The molecular formula is C24H34N2O5S2. The van der Waals surface area contributed by atoms with Crippen LogP contribution >= 0.6 is 23.1 Å². The predicted octanol–water partition coefficient (Wildman–Crippen LogP) is 5.18. The molecule has 0 aliphatic rings. The second kappa shape index (κ2) is 14.8. The number of hydrogen-bond acceptors (Lipinski definition) is 7. The van der Waals surface area contributed by atoms with Crippen LogP contribution in [0.2, 0.25) is 0 Å². The maximum absolute atomic E-state index is 13.0. The lowest BCUT2D eigenvalue weighted by atomic mass is 10.1. The minimum Gasteiger partial charge on any atom is -0.473 e. The number of thiophene rings is 1. The smallest absolute Gasteiger partial charge is 0.414 e. The number of carbonyl (C=O) groups is 3. The number of nitrogens with zero attached hydrogens (tertiary/aromatic N) is 2. The summed E-state index contributed by atoms with van der Waals surface area (Å²) in [5, 5.41) is 15.7. The number of ketones is 1. The van der Waals surface area contributed by atoms with Gasteiger partial charge in [-0.3, -0.25) is 4.79 Å². The summed E-state index contributed by atoms with van der Waals surface area (Å²) in [5.41, 5.74) is 1.81. The zero-order chi connectivity index (χ0) is 25.0. The van der Waals surface area contributed by atoms with Crippen molar-refractivity contribution in [3.8, 4) is 0 Å². The summed E-state index contributed by atoms with van der Waals surface area (Å²) in [6.07, 6.45) is 4.91. The summed E-state index contributed by atoms with van der Waals surface area (Å²) < 4.78 is 0. The minimum absolute atomic E-state index is 0.101. The fourth-order valence-corrected chi connectivity index (χ4v) is 4.65. The van der Waals surface area contributed by atoms with Crippen molar-refractivity contribution in [2.24, 2.45) is 0 Å². The largest absolute Gasteiger partial charge is 0.473 e. The molecule has 2 aromatic rings. The zero-order valence-corrected chi connectivity index (χ0v) is 21.6. The van der Waals surface area contributed by atoms with E-state index >= 15 is 0 Å². The maximum atomic E-state index is 13.0. The van der Waals surface area contributed by atoms with Gasteiger partial charge in [0.2, 0.25) is 5.78 Å². The molecule has 182 valence electrons. The molecule has 0 saturated heterocycles. The van der Waals surface area contributed by atoms with Crippen molar-refractivity contribution >= 4 is 40.8 Å². The number of carboxylic acids is 2. The van der Waals surface area contributed by atoms with E-state index in [4.69, 9.17) is 24.8 Å². The lowest BCUT2D eigenvalue weighted by molar-refractivity contribution is -0.159. The molecule has 0 aliphatic carbocycles. The first-order chi connectivity index (χ1) is 15.5. The molecule has 7 nitrogen and oxygen atoms in total. The maximum Gasteiger partial charge on any atom is 0.414 e. The molecule has 2 rings (SSSR count). The van der Waals surface area contributed by atoms with Crippen molar-refractivity contribution in [3.05, 3.63) is 45.3 Å². The van der Waals surface area contributed by atoms with Crippen molar-refractivity contribution < 1.29 is 24.6 Å². The molecule has 0 aliphatic heterocycles. The zero-order valence-electron chi connectivity index (χ0n) is 20.0. The first-order valence-electron chi connectivity index (χ1n) is 10.9. The highest BCUT2D eigenvalue weighted by atomic mass is 32.2. The highest BCUT2D eigenvalue weighted by Gasteiger charge is 2.18. The quantitative estimate of drug-likeness (QED) is 0.190. The lowest BCUT2D eigenvalue weighted by Crippen LogP contribution is -2.12. The van der Waals surface area contributed by atoms with Gasteiger partial charge in [-0.05, 0) is 76.3 Å². The fraction of sp³-hybridized carbons (Fsp3) is 0.500. The Morgan fingerprint density at radius 2 is 1.64 bits per heavy atom. The van der Waals surface area contributed by atoms with Crippen LogP contribution in [-0.2, 0) is 9.59 Å². The molecule has 0 saturated carbocycles. The van der Waals surface area contributed by atoms with E-state index in [2.05, 4.69) is 32.8 Å². The Balaban J connectivity index is 0.000000801. The van der Waals surface area contributed by atoms with Crippen LogP contribution in [0.1, 0.15) is 71.3 Å². The highest BCUT2D eigenvalue weighted by Crippen LogP contribution is 2.28. The molecule has 2 N–H and O–H groups in total. The van der Waals surface area contributed by atoms with Gasteiger partial charge in [-0.2, -0.15) is 0 Å². The van der Waals surface area contributed by atoms with Crippen LogP contribution in [0, 0.1) is 6.92 Å². The van der Waals surface area contributed by atoms with Gasteiger partial charge in [0.15, 0.2) is 0 Å². The van der Waals surface area contributed by atoms with Gasteiger partial charge in [0.25, 0.3) is 0 Å². The van der Waals surface area contributed by atoms with Crippen LogP contribution in [-0.4, -0.2) is 64.2 Å². The average molecular weight is 495 g/mol. The van der Waals surface area contributed by atoms with E-state index in [-0.39, 0.29) is 5.78 Å². The van der Waals surface area contributed by atoms with Gasteiger partial charge in [0.1, 0.15) is 5.03 Å². The topological polar surface area (TPSA) is 108 Å². The minimum atomic E-state index is -1.82. The van der Waals surface area contributed by atoms with Gasteiger partial charge in [0, 0.05) is 10.6 Å². The molecule has 0 radical (unpaired) electrons. The Labute approximate surface area is 204 Å². The summed E-state index contributed by atoms with van der Waals surface area (Å²) in [6.45, 7) is 7.48. The number of aromatic nitrogens is 1. The molecular weight excluding hydrogens is 460 g/mol. The van der Waals surface area contributed by atoms with E-state index in [1.165, 1.54) is 19.3 Å². The van der Waals surface area contributed by atoms with Crippen molar-refractivity contribution in [2.75, 3.05) is 26.4 Å². The lowest BCUT2D eigenvalue weighted by Gasteiger charge is -2.12. The van der Waals surface area contributed by atoms with E-state index in [1.54, 1.807) is 23.1 Å². The molecule has 9 heteroatoms. The number of aryl methyl sites for hydroxylation is 1.